The average Bonchev–Trinajstić information content (AvgIpc) is 3.12. The Hall–Kier alpha value is -3.06. The third-order valence-electron chi connectivity index (χ3n) is 6.03. The zero-order chi connectivity index (χ0) is 21.6. The summed E-state index contributed by atoms with van der Waals surface area (Å²) in [6.07, 6.45) is 0. The lowest BCUT2D eigenvalue weighted by molar-refractivity contribution is -0.0621. The number of alkyl halides is 2. The third-order valence-corrected chi connectivity index (χ3v) is 6.03. The van der Waals surface area contributed by atoms with Crippen molar-refractivity contribution in [2.24, 2.45) is 0 Å². The van der Waals surface area contributed by atoms with Gasteiger partial charge in [0.05, 0.1) is 12.1 Å². The van der Waals surface area contributed by atoms with Crippen LogP contribution in [0.5, 0.6) is 0 Å². The molecular weight excluding hydrogens is 398 g/mol. The van der Waals surface area contributed by atoms with E-state index in [1.54, 1.807) is 9.47 Å². The zero-order valence-electron chi connectivity index (χ0n) is 17.4. The maximum atomic E-state index is 15.3. The van der Waals surface area contributed by atoms with E-state index in [0.29, 0.717) is 32.1 Å². The van der Waals surface area contributed by atoms with Crippen molar-refractivity contribution < 1.29 is 8.78 Å². The Morgan fingerprint density at radius 1 is 0.968 bits per heavy atom. The minimum absolute atomic E-state index is 0.119. The minimum Gasteiger partial charge on any atom is -0.336 e. The molecule has 2 aromatic carbocycles. The fourth-order valence-corrected chi connectivity index (χ4v) is 4.57. The van der Waals surface area contributed by atoms with Gasteiger partial charge < -0.3 is 9.47 Å². The molecule has 0 saturated carbocycles. The van der Waals surface area contributed by atoms with E-state index in [4.69, 9.17) is 0 Å². The van der Waals surface area contributed by atoms with E-state index in [1.807, 2.05) is 66.4 Å². The van der Waals surface area contributed by atoms with Gasteiger partial charge in [0.25, 0.3) is 5.56 Å². The molecule has 160 valence electrons. The Bertz CT molecular complexity index is 1160. The summed E-state index contributed by atoms with van der Waals surface area (Å²) in [6.45, 7) is 3.67. The highest BCUT2D eigenvalue weighted by Crippen LogP contribution is 2.38. The second-order valence-corrected chi connectivity index (χ2v) is 8.44. The summed E-state index contributed by atoms with van der Waals surface area (Å²) in [5.74, 6) is -2.76. The first kappa shape index (κ1) is 19.9. The molecule has 0 radical (unpaired) electrons. The molecule has 0 bridgehead atoms. The molecule has 2 aliphatic heterocycles. The van der Waals surface area contributed by atoms with Crippen LogP contribution in [0, 0.1) is 6.92 Å². The van der Waals surface area contributed by atoms with Gasteiger partial charge in [0.2, 0.25) is 5.95 Å². The van der Waals surface area contributed by atoms with Crippen LogP contribution in [0.25, 0.3) is 0 Å². The number of hydrogen-bond acceptors (Lipinski definition) is 4. The van der Waals surface area contributed by atoms with Crippen molar-refractivity contribution in [3.05, 3.63) is 92.9 Å². The van der Waals surface area contributed by atoms with Crippen LogP contribution >= 0.6 is 0 Å². The van der Waals surface area contributed by atoms with Gasteiger partial charge in [0.15, 0.2) is 0 Å². The second-order valence-electron chi connectivity index (χ2n) is 8.44. The van der Waals surface area contributed by atoms with Crippen molar-refractivity contribution in [1.82, 2.24) is 14.5 Å². The molecule has 5 nitrogen and oxygen atoms in total. The number of anilines is 1. The third kappa shape index (κ3) is 3.74. The number of benzene rings is 2. The van der Waals surface area contributed by atoms with Crippen molar-refractivity contribution >= 4 is 5.95 Å². The van der Waals surface area contributed by atoms with Crippen molar-refractivity contribution in [2.45, 2.75) is 39.0 Å². The molecule has 0 N–H and O–H groups in total. The number of aryl methyl sites for hydroxylation is 1. The summed E-state index contributed by atoms with van der Waals surface area (Å²) >= 11 is 0. The van der Waals surface area contributed by atoms with Gasteiger partial charge in [-0.1, -0.05) is 60.2 Å². The van der Waals surface area contributed by atoms with E-state index in [2.05, 4.69) is 4.98 Å². The molecule has 0 aliphatic carbocycles. The number of aromatic nitrogens is 2. The van der Waals surface area contributed by atoms with E-state index in [1.165, 1.54) is 0 Å². The summed E-state index contributed by atoms with van der Waals surface area (Å²) in [7, 11) is 0. The molecule has 1 aromatic heterocycles. The predicted molar refractivity (Wildman–Crippen MR) is 115 cm³/mol. The van der Waals surface area contributed by atoms with E-state index in [-0.39, 0.29) is 17.8 Å². The van der Waals surface area contributed by atoms with Gasteiger partial charge in [-0.15, -0.1) is 0 Å². The Morgan fingerprint density at radius 2 is 1.68 bits per heavy atom. The lowest BCUT2D eigenvalue weighted by Gasteiger charge is -2.35. The smallest absolute Gasteiger partial charge is 0.300 e. The molecule has 2 aliphatic rings. The zero-order valence-corrected chi connectivity index (χ0v) is 17.4. The van der Waals surface area contributed by atoms with Crippen LogP contribution in [0.15, 0.2) is 59.4 Å². The monoisotopic (exact) mass is 422 g/mol. The van der Waals surface area contributed by atoms with E-state index in [9.17, 15) is 4.79 Å². The summed E-state index contributed by atoms with van der Waals surface area (Å²) in [6, 6.07) is 17.6. The second kappa shape index (κ2) is 7.57. The first-order chi connectivity index (χ1) is 14.9. The van der Waals surface area contributed by atoms with Gasteiger partial charge in [-0.3, -0.25) is 9.69 Å². The van der Waals surface area contributed by atoms with Crippen LogP contribution < -0.4 is 10.5 Å². The quantitative estimate of drug-likeness (QED) is 0.643. The maximum Gasteiger partial charge on any atom is 0.300 e. The number of halogens is 2. The molecule has 3 aromatic rings. The molecular formula is C24H24F2N4O. The van der Waals surface area contributed by atoms with E-state index < -0.39 is 18.0 Å². The fourth-order valence-electron chi connectivity index (χ4n) is 4.57. The fraction of sp³-hybridized carbons (Fsp3) is 0.333. The molecule has 3 heterocycles. The normalized spacial score (nSPS) is 17.5. The summed E-state index contributed by atoms with van der Waals surface area (Å²) < 4.78 is 32.2. The molecule has 0 saturated heterocycles. The van der Waals surface area contributed by atoms with Crippen LogP contribution in [0.2, 0.25) is 0 Å². The van der Waals surface area contributed by atoms with Crippen LogP contribution in [-0.2, 0) is 32.1 Å². The van der Waals surface area contributed by atoms with E-state index >= 15 is 8.78 Å². The Labute approximate surface area is 179 Å². The Kier molecular flexibility index (Phi) is 4.85. The first-order valence-corrected chi connectivity index (χ1v) is 10.5. The van der Waals surface area contributed by atoms with Gasteiger partial charge in [-0.2, -0.15) is 13.8 Å². The first-order valence-electron chi connectivity index (χ1n) is 10.5. The van der Waals surface area contributed by atoms with Gasteiger partial charge in [0.1, 0.15) is 5.69 Å². The molecule has 0 spiro atoms. The van der Waals surface area contributed by atoms with Crippen LogP contribution in [0.3, 0.4) is 0 Å². The van der Waals surface area contributed by atoms with Gasteiger partial charge in [0, 0.05) is 32.7 Å². The highest BCUT2D eigenvalue weighted by atomic mass is 19.3. The maximum absolute atomic E-state index is 15.3. The summed E-state index contributed by atoms with van der Waals surface area (Å²) in [4.78, 5) is 20.6. The van der Waals surface area contributed by atoms with Crippen LogP contribution in [-0.4, -0.2) is 27.5 Å². The molecule has 0 amide bonds. The molecule has 0 atom stereocenters. The highest BCUT2D eigenvalue weighted by Gasteiger charge is 2.46. The molecule has 31 heavy (non-hydrogen) atoms. The van der Waals surface area contributed by atoms with Crippen molar-refractivity contribution in [3.63, 3.8) is 0 Å². The highest BCUT2D eigenvalue weighted by molar-refractivity contribution is 5.43. The average molecular weight is 422 g/mol. The minimum atomic E-state index is -3.11. The summed E-state index contributed by atoms with van der Waals surface area (Å²) in [5.41, 5.74) is 2.58. The Balaban J connectivity index is 1.47. The van der Waals surface area contributed by atoms with Crippen molar-refractivity contribution in [2.75, 3.05) is 18.0 Å². The van der Waals surface area contributed by atoms with Crippen LogP contribution in [0.1, 0.15) is 27.9 Å². The van der Waals surface area contributed by atoms with Crippen LogP contribution in [0.4, 0.5) is 14.7 Å². The molecule has 7 heteroatoms. The standard InChI is InChI=1S/C24H24F2N4O/c1-17-7-9-19(10-8-17)14-29-11-12-30-21-20(22(31)27-23(29)30)15-28(16-24(21,25)26)13-18-5-3-2-4-6-18/h2-10H,11-16H2,1H3. The Morgan fingerprint density at radius 3 is 2.42 bits per heavy atom. The lowest BCUT2D eigenvalue weighted by atomic mass is 10.0. The van der Waals surface area contributed by atoms with Gasteiger partial charge in [-0.25, -0.2) is 0 Å². The number of nitrogens with zero attached hydrogens (tertiary/aromatic N) is 4. The number of hydrogen-bond donors (Lipinski definition) is 0. The number of fused-ring (bicyclic) bond motifs is 3. The van der Waals surface area contributed by atoms with E-state index in [0.717, 1.165) is 16.7 Å². The molecule has 5 rings (SSSR count). The number of rotatable bonds is 4. The SMILES string of the molecule is Cc1ccc(CN2CCn3c2nc(=O)c2c3C(F)(F)CN(Cc3ccccc3)C2)cc1. The van der Waals surface area contributed by atoms with Crippen molar-refractivity contribution in [3.8, 4) is 0 Å². The topological polar surface area (TPSA) is 41.4 Å². The largest absolute Gasteiger partial charge is 0.336 e. The van der Waals surface area contributed by atoms with Gasteiger partial charge in [-0.05, 0) is 18.1 Å². The van der Waals surface area contributed by atoms with Crippen molar-refractivity contribution in [1.29, 1.82) is 0 Å². The molecule has 0 fully saturated rings. The van der Waals surface area contributed by atoms with Gasteiger partial charge >= 0.3 is 5.92 Å². The predicted octanol–water partition coefficient (Wildman–Crippen LogP) is 3.68. The molecule has 0 unspecified atom stereocenters. The lowest BCUT2D eigenvalue weighted by Crippen LogP contribution is -2.45. The summed E-state index contributed by atoms with van der Waals surface area (Å²) in [5, 5.41) is 0.